The molecule has 0 aliphatic carbocycles. The lowest BCUT2D eigenvalue weighted by molar-refractivity contribution is 0.522. The van der Waals surface area contributed by atoms with Gasteiger partial charge in [0.25, 0.3) is 0 Å². The fourth-order valence-corrected chi connectivity index (χ4v) is 5.56. The summed E-state index contributed by atoms with van der Waals surface area (Å²) in [6, 6.07) is 28.2. The van der Waals surface area contributed by atoms with Crippen molar-refractivity contribution in [3.8, 4) is 0 Å². The molecule has 33 heavy (non-hydrogen) atoms. The van der Waals surface area contributed by atoms with Crippen LogP contribution in [0.2, 0.25) is 5.02 Å². The van der Waals surface area contributed by atoms with Crippen molar-refractivity contribution < 1.29 is 4.39 Å². The molecule has 4 aromatic carbocycles. The summed E-state index contributed by atoms with van der Waals surface area (Å²) >= 11 is 6.44. The monoisotopic (exact) mass is 453 g/mol. The molecule has 0 amide bonds. The number of fused-ring (bicyclic) bond motifs is 2. The summed E-state index contributed by atoms with van der Waals surface area (Å²) in [4.78, 5) is 0. The molecular formula is C29H23ClFN2. The lowest BCUT2D eigenvalue weighted by Crippen LogP contribution is -2.14. The largest absolute Gasteiger partial charge is 0.343 e. The Hall–Kier alpha value is -3.14. The molecule has 0 spiro atoms. The number of nitrogens with zero attached hydrogens (tertiary/aromatic N) is 2. The Morgan fingerprint density at radius 2 is 1.73 bits per heavy atom. The molecule has 5 aromatic rings. The van der Waals surface area contributed by atoms with E-state index in [1.54, 1.807) is 12.1 Å². The normalized spacial score (nSPS) is 18.4. The molecule has 1 aliphatic heterocycles. The molecule has 0 N–H and O–H groups in total. The topological polar surface area (TPSA) is 19.0 Å². The van der Waals surface area contributed by atoms with Crippen LogP contribution < -0.4 is 5.32 Å². The third-order valence-electron chi connectivity index (χ3n) is 6.83. The molecule has 1 fully saturated rings. The fourth-order valence-electron chi connectivity index (χ4n) is 5.28. The highest BCUT2D eigenvalue weighted by molar-refractivity contribution is 6.31. The van der Waals surface area contributed by atoms with Crippen LogP contribution in [0.4, 0.5) is 4.39 Å². The molecule has 0 saturated carbocycles. The summed E-state index contributed by atoms with van der Waals surface area (Å²) < 4.78 is 17.1. The number of benzene rings is 4. The molecule has 1 saturated heterocycles. The molecule has 0 bridgehead atoms. The molecule has 6 rings (SSSR count). The molecule has 1 radical (unpaired) electrons. The van der Waals surface area contributed by atoms with Crippen molar-refractivity contribution in [1.82, 2.24) is 9.88 Å². The lowest BCUT2D eigenvalue weighted by atomic mass is 9.87. The van der Waals surface area contributed by atoms with Crippen molar-refractivity contribution in [2.24, 2.45) is 0 Å². The van der Waals surface area contributed by atoms with Crippen LogP contribution in [-0.4, -0.2) is 11.1 Å². The van der Waals surface area contributed by atoms with E-state index in [4.69, 9.17) is 16.9 Å². The van der Waals surface area contributed by atoms with Gasteiger partial charge >= 0.3 is 0 Å². The van der Waals surface area contributed by atoms with Gasteiger partial charge in [-0.15, -0.1) is 0 Å². The van der Waals surface area contributed by atoms with E-state index < -0.39 is 0 Å². The predicted molar refractivity (Wildman–Crippen MR) is 133 cm³/mol. The zero-order chi connectivity index (χ0) is 22.4. The van der Waals surface area contributed by atoms with Crippen LogP contribution >= 0.6 is 11.6 Å². The average molecular weight is 454 g/mol. The van der Waals surface area contributed by atoms with Crippen molar-refractivity contribution >= 4 is 33.3 Å². The summed E-state index contributed by atoms with van der Waals surface area (Å²) in [5.41, 5.74) is 4.18. The minimum atomic E-state index is -0.275. The molecule has 2 heterocycles. The van der Waals surface area contributed by atoms with Gasteiger partial charge in [0.1, 0.15) is 5.82 Å². The van der Waals surface area contributed by atoms with Gasteiger partial charge in [-0.2, -0.15) is 0 Å². The van der Waals surface area contributed by atoms with Gasteiger partial charge in [-0.1, -0.05) is 72.3 Å². The third-order valence-corrected chi connectivity index (χ3v) is 7.16. The SMILES string of the molecule is Fc1cccc(Cl)c1C1[N]CCC1c1cn(Cc2ccc3ccccc3c2)c2ccccc12. The predicted octanol–water partition coefficient (Wildman–Crippen LogP) is 7.47. The maximum atomic E-state index is 14.8. The van der Waals surface area contributed by atoms with Crippen molar-refractivity contribution in [2.75, 3.05) is 6.54 Å². The van der Waals surface area contributed by atoms with Crippen molar-refractivity contribution in [1.29, 1.82) is 0 Å². The Kier molecular flexibility index (Phi) is 5.17. The van der Waals surface area contributed by atoms with Crippen LogP contribution in [0.25, 0.3) is 21.7 Å². The maximum absolute atomic E-state index is 14.8. The molecular weight excluding hydrogens is 431 g/mol. The molecule has 4 heteroatoms. The van der Waals surface area contributed by atoms with E-state index in [1.807, 2.05) is 0 Å². The second-order valence-corrected chi connectivity index (χ2v) is 9.20. The average Bonchev–Trinajstić information content (AvgIpc) is 3.44. The lowest BCUT2D eigenvalue weighted by Gasteiger charge is -2.20. The zero-order valence-electron chi connectivity index (χ0n) is 18.1. The molecule has 1 aliphatic rings. The van der Waals surface area contributed by atoms with E-state index >= 15 is 0 Å². The smallest absolute Gasteiger partial charge is 0.129 e. The van der Waals surface area contributed by atoms with Gasteiger partial charge in [0, 0.05) is 46.7 Å². The van der Waals surface area contributed by atoms with Crippen LogP contribution in [-0.2, 0) is 6.54 Å². The summed E-state index contributed by atoms with van der Waals surface area (Å²) in [6.45, 7) is 1.49. The number of hydrogen-bond acceptors (Lipinski definition) is 0. The van der Waals surface area contributed by atoms with Gasteiger partial charge in [-0.25, -0.2) is 9.71 Å². The van der Waals surface area contributed by atoms with Crippen molar-refractivity contribution in [3.63, 3.8) is 0 Å². The Labute approximate surface area is 197 Å². The summed E-state index contributed by atoms with van der Waals surface area (Å²) in [5, 5.41) is 8.94. The number of aromatic nitrogens is 1. The van der Waals surface area contributed by atoms with Crippen LogP contribution in [0.5, 0.6) is 0 Å². The third kappa shape index (κ3) is 3.62. The van der Waals surface area contributed by atoms with E-state index in [9.17, 15) is 4.39 Å². The Morgan fingerprint density at radius 1 is 0.909 bits per heavy atom. The standard InChI is InChI=1S/C29H23ClFN2/c30-25-9-5-10-26(31)28(25)29-23(14-15-32-29)24-18-33(27-11-4-3-8-22(24)27)17-19-12-13-20-6-1-2-7-21(20)16-19/h1-13,16,18,23,29H,14-15,17H2. The number of halogens is 2. The molecule has 1 aromatic heterocycles. The van der Waals surface area contributed by atoms with Gasteiger partial charge in [0.2, 0.25) is 0 Å². The summed E-state index contributed by atoms with van der Waals surface area (Å²) in [6.07, 6.45) is 3.13. The second-order valence-electron chi connectivity index (χ2n) is 8.79. The first kappa shape index (κ1) is 20.5. The number of para-hydroxylation sites is 1. The zero-order valence-corrected chi connectivity index (χ0v) is 18.8. The van der Waals surface area contributed by atoms with Crippen LogP contribution in [0, 0.1) is 5.82 Å². The van der Waals surface area contributed by atoms with E-state index in [2.05, 4.69) is 77.5 Å². The Balaban J connectivity index is 1.42. The number of rotatable bonds is 4. The van der Waals surface area contributed by atoms with Crippen LogP contribution in [0.3, 0.4) is 0 Å². The highest BCUT2D eigenvalue weighted by Crippen LogP contribution is 2.45. The summed E-state index contributed by atoms with van der Waals surface area (Å²) in [5.74, 6) is -0.176. The second kappa shape index (κ2) is 8.33. The van der Waals surface area contributed by atoms with Gasteiger partial charge in [-0.05, 0) is 52.6 Å². The van der Waals surface area contributed by atoms with E-state index in [-0.39, 0.29) is 17.8 Å². The van der Waals surface area contributed by atoms with Gasteiger partial charge in [0.15, 0.2) is 0 Å². The van der Waals surface area contributed by atoms with E-state index in [0.717, 1.165) is 13.0 Å². The Morgan fingerprint density at radius 3 is 2.61 bits per heavy atom. The molecule has 2 atom stereocenters. The van der Waals surface area contributed by atoms with E-state index in [1.165, 1.54) is 38.9 Å². The van der Waals surface area contributed by atoms with Gasteiger partial charge in [-0.3, -0.25) is 0 Å². The minimum Gasteiger partial charge on any atom is -0.343 e. The summed E-state index contributed by atoms with van der Waals surface area (Å²) in [7, 11) is 0. The fraction of sp³-hybridized carbons (Fsp3) is 0.172. The van der Waals surface area contributed by atoms with Crippen molar-refractivity contribution in [3.05, 3.63) is 119 Å². The minimum absolute atomic E-state index is 0.0992. The van der Waals surface area contributed by atoms with Crippen LogP contribution in [0.15, 0.2) is 91.1 Å². The van der Waals surface area contributed by atoms with Gasteiger partial charge in [0.05, 0.1) is 6.04 Å². The quantitative estimate of drug-likeness (QED) is 0.269. The first-order chi connectivity index (χ1) is 16.2. The number of hydrogen-bond donors (Lipinski definition) is 0. The molecule has 163 valence electrons. The van der Waals surface area contributed by atoms with E-state index in [0.29, 0.717) is 17.1 Å². The van der Waals surface area contributed by atoms with Crippen molar-refractivity contribution in [2.45, 2.75) is 24.9 Å². The first-order valence-corrected chi connectivity index (χ1v) is 11.7. The highest BCUT2D eigenvalue weighted by atomic mass is 35.5. The van der Waals surface area contributed by atoms with Crippen LogP contribution in [0.1, 0.15) is 35.1 Å². The van der Waals surface area contributed by atoms with Gasteiger partial charge < -0.3 is 4.57 Å². The molecule has 2 unspecified atom stereocenters. The maximum Gasteiger partial charge on any atom is 0.129 e. The first-order valence-electron chi connectivity index (χ1n) is 11.3. The highest BCUT2D eigenvalue weighted by Gasteiger charge is 2.35. The molecule has 2 nitrogen and oxygen atoms in total. The Bertz CT molecular complexity index is 1450.